The molecule has 0 N–H and O–H groups in total. The molecule has 0 aliphatic heterocycles. The van der Waals surface area contributed by atoms with Crippen LogP contribution in [0.25, 0.3) is 0 Å². The Labute approximate surface area is 142 Å². The first-order chi connectivity index (χ1) is 10.5. The van der Waals surface area contributed by atoms with E-state index < -0.39 is 13.5 Å². The van der Waals surface area contributed by atoms with Crippen molar-refractivity contribution in [2.24, 2.45) is 0 Å². The molecule has 0 aliphatic rings. The van der Waals surface area contributed by atoms with Crippen LogP contribution in [-0.2, 0) is 20.1 Å². The van der Waals surface area contributed by atoms with Gasteiger partial charge in [0.1, 0.15) is 0 Å². The topological polar surface area (TPSA) is 12.5 Å². The molecule has 22 heavy (non-hydrogen) atoms. The number of halogens is 3. The maximum absolute atomic E-state index is 13.4. The van der Waals surface area contributed by atoms with Crippen molar-refractivity contribution in [2.75, 3.05) is 19.1 Å². The summed E-state index contributed by atoms with van der Waals surface area (Å²) < 4.78 is 20.3. The van der Waals surface area contributed by atoms with Gasteiger partial charge in [-0.15, -0.1) is 0 Å². The molecule has 0 unspecified atom stereocenters. The molecule has 0 aromatic heterocycles. The maximum atomic E-state index is 13.4. The minimum absolute atomic E-state index is 0.286. The summed E-state index contributed by atoms with van der Waals surface area (Å²) in [5.41, 5.74) is 2.80. The fourth-order valence-electron chi connectivity index (χ4n) is 2.07. The number of anilines is 1. The molecule has 0 aliphatic carbocycles. The van der Waals surface area contributed by atoms with Gasteiger partial charge in [-0.2, -0.15) is 0 Å². The van der Waals surface area contributed by atoms with Gasteiger partial charge in [0, 0.05) is 0 Å². The third-order valence-electron chi connectivity index (χ3n) is 3.22. The molecule has 0 fully saturated rings. The molecule has 2 rings (SSSR count). The van der Waals surface area contributed by atoms with E-state index in [1.54, 1.807) is 17.8 Å². The zero-order chi connectivity index (χ0) is 16.1. The Bertz CT molecular complexity index is 672. The van der Waals surface area contributed by atoms with Crippen molar-refractivity contribution in [1.82, 2.24) is 0 Å². The van der Waals surface area contributed by atoms with Crippen LogP contribution in [0, 0.1) is 5.82 Å². The Morgan fingerprint density at radius 3 is 2.45 bits per heavy atom. The summed E-state index contributed by atoms with van der Waals surface area (Å²) in [6.07, 6.45) is 0. The molecule has 0 radical (unpaired) electrons. The van der Waals surface area contributed by atoms with Gasteiger partial charge in [0.25, 0.3) is 0 Å². The van der Waals surface area contributed by atoms with E-state index in [4.69, 9.17) is 24.1 Å². The van der Waals surface area contributed by atoms with Crippen molar-refractivity contribution < 1.29 is 22.6 Å². The van der Waals surface area contributed by atoms with E-state index in [1.165, 1.54) is 12.1 Å². The summed E-state index contributed by atoms with van der Waals surface area (Å²) in [5, 5.41) is 0. The Balaban J connectivity index is 2.23. The Morgan fingerprint density at radius 2 is 1.86 bits per heavy atom. The van der Waals surface area contributed by atoms with Crippen LogP contribution in [0.2, 0.25) is 0 Å². The fraction of sp³-hybridized carbons (Fsp3) is 0.188. The molecule has 0 atom stereocenters. The van der Waals surface area contributed by atoms with Crippen molar-refractivity contribution >= 4 is 29.7 Å². The normalized spacial score (nSPS) is 11.0. The van der Waals surface area contributed by atoms with E-state index in [9.17, 15) is 4.39 Å². The van der Waals surface area contributed by atoms with Gasteiger partial charge in [0.2, 0.25) is 0 Å². The third-order valence-corrected chi connectivity index (χ3v) is 5.05. The van der Waals surface area contributed by atoms with Crippen molar-refractivity contribution in [3.8, 4) is 5.75 Å². The molecule has 2 aromatic carbocycles. The van der Waals surface area contributed by atoms with Crippen molar-refractivity contribution in [1.29, 1.82) is 0 Å². The van der Waals surface area contributed by atoms with Gasteiger partial charge < -0.3 is 0 Å². The molecule has 2 aromatic rings. The summed E-state index contributed by atoms with van der Waals surface area (Å²) in [7, 11) is 15.5. The molecule has 0 bridgehead atoms. The van der Waals surface area contributed by atoms with E-state index in [2.05, 4.69) is 4.90 Å². The summed E-state index contributed by atoms with van der Waals surface area (Å²) in [6, 6.07) is 12.5. The number of benzene rings is 2. The van der Waals surface area contributed by atoms with Gasteiger partial charge >= 0.3 is 143 Å². The summed E-state index contributed by atoms with van der Waals surface area (Å²) in [5.74, 6) is 0.525. The van der Waals surface area contributed by atoms with Crippen LogP contribution in [0.3, 0.4) is 0 Å². The number of nitrogens with zero attached hydrogens (tertiary/aromatic N) is 1. The third kappa shape index (κ3) is 4.77. The first-order valence-corrected chi connectivity index (χ1v) is 11.9. The molecule has 6 heteroatoms. The van der Waals surface area contributed by atoms with Gasteiger partial charge in [-0.3, -0.25) is 0 Å². The molecule has 120 valence electrons. The second-order valence-corrected chi connectivity index (χ2v) is 10.4. The van der Waals surface area contributed by atoms with Gasteiger partial charge in [-0.05, 0) is 0 Å². The molecule has 2 nitrogen and oxygen atoms in total. The monoisotopic (exact) mass is 429 g/mol. The van der Waals surface area contributed by atoms with Crippen LogP contribution in [-0.4, -0.2) is 18.8 Å². The van der Waals surface area contributed by atoms with Crippen LogP contribution in [0.5, 0.6) is 5.75 Å². The second-order valence-electron chi connectivity index (χ2n) is 4.70. The number of rotatable bonds is 5. The summed E-state index contributed by atoms with van der Waals surface area (Å²) in [6.45, 7) is 0.633. The van der Waals surface area contributed by atoms with Crippen LogP contribution in [0.15, 0.2) is 42.5 Å². The predicted octanol–water partition coefficient (Wildman–Crippen LogP) is 4.55. The van der Waals surface area contributed by atoms with Crippen LogP contribution in [0.1, 0.15) is 11.1 Å². The van der Waals surface area contributed by atoms with Gasteiger partial charge in [0.05, 0.1) is 0 Å². The van der Waals surface area contributed by atoms with E-state index in [1.807, 2.05) is 31.3 Å². The molecule has 0 spiro atoms. The summed E-state index contributed by atoms with van der Waals surface area (Å²) in [4.78, 5) is 2.07. The van der Waals surface area contributed by atoms with Gasteiger partial charge in [0.15, 0.2) is 0 Å². The Kier molecular flexibility index (Phi) is 6.37. The average Bonchev–Trinajstić information content (AvgIpc) is 2.49. The first kappa shape index (κ1) is 17.4. The zero-order valence-corrected chi connectivity index (χ0v) is 15.4. The van der Waals surface area contributed by atoms with Crippen molar-refractivity contribution in [3.63, 3.8) is 0 Å². The second kappa shape index (κ2) is 8.05. The van der Waals surface area contributed by atoms with Crippen molar-refractivity contribution in [2.45, 2.75) is 6.54 Å². The quantitative estimate of drug-likeness (QED) is 0.647. The molecular formula is C16H16Cl2FNORu. The summed E-state index contributed by atoms with van der Waals surface area (Å²) >= 11 is -2.00. The van der Waals surface area contributed by atoms with E-state index in [0.29, 0.717) is 6.54 Å². The molecule has 0 saturated heterocycles. The number of hydrogen-bond donors (Lipinski definition) is 0. The first-order valence-electron chi connectivity index (χ1n) is 6.46. The van der Waals surface area contributed by atoms with Crippen molar-refractivity contribution in [3.05, 3.63) is 59.4 Å². The Morgan fingerprint density at radius 1 is 1.18 bits per heavy atom. The average molecular weight is 429 g/mol. The van der Waals surface area contributed by atoms with Gasteiger partial charge in [-0.1, -0.05) is 0 Å². The predicted molar refractivity (Wildman–Crippen MR) is 88.4 cm³/mol. The number of methoxy groups -OCH3 is 1. The Hall–Kier alpha value is -0.957. The molecular weight excluding hydrogens is 413 g/mol. The minimum atomic E-state index is -2.00. The standard InChI is InChI=1S/C16H16FNO.2ClH.Ru/c1-12-10-14(17)5-4-13(12)11-18(2)15-6-8-16(19-3)9-7-15;;;/h1,4-10H,11H2,2-3H3;2*1H;/q;;;+2/p-2. The SMILES string of the molecule is COc1ccc(N(C)Cc2ccc(F)cc2[CH]=[Ru]([Cl])[Cl])cc1. The van der Waals surface area contributed by atoms with E-state index >= 15 is 0 Å². The fourth-order valence-corrected chi connectivity index (χ4v) is 3.93. The van der Waals surface area contributed by atoms with E-state index in [-0.39, 0.29) is 5.82 Å². The molecule has 0 saturated carbocycles. The number of ether oxygens (including phenoxy) is 1. The van der Waals surface area contributed by atoms with Crippen LogP contribution in [0.4, 0.5) is 10.1 Å². The van der Waals surface area contributed by atoms with Crippen LogP contribution < -0.4 is 9.64 Å². The molecule has 0 amide bonds. The zero-order valence-electron chi connectivity index (χ0n) is 12.2. The molecule has 0 heterocycles. The van der Waals surface area contributed by atoms with Gasteiger partial charge in [-0.25, -0.2) is 0 Å². The van der Waals surface area contributed by atoms with Crippen LogP contribution >= 0.6 is 19.4 Å². The number of hydrogen-bond acceptors (Lipinski definition) is 2. The van der Waals surface area contributed by atoms with E-state index in [0.717, 1.165) is 22.6 Å².